The average molecular weight is 397 g/mol. The van der Waals surface area contributed by atoms with Crippen LogP contribution in [0.5, 0.6) is 0 Å². The van der Waals surface area contributed by atoms with E-state index in [2.05, 4.69) is 4.90 Å². The summed E-state index contributed by atoms with van der Waals surface area (Å²) in [6.45, 7) is 2.06. The first kappa shape index (κ1) is 19.7. The Hall–Kier alpha value is -1.10. The molecule has 1 aromatic rings. The molecule has 26 heavy (non-hydrogen) atoms. The van der Waals surface area contributed by atoms with Gasteiger partial charge in [-0.25, -0.2) is 0 Å². The number of benzene rings is 1. The highest BCUT2D eigenvalue weighted by Crippen LogP contribution is 2.28. The number of nitrogens with zero attached hydrogens (tertiary/aromatic N) is 2. The number of rotatable bonds is 4. The SMILES string of the molecule is CN(C(=O)Cc1ccc(Cl)c(Cl)c1)C1CCCC(=O)CC1N1CCCC1. The summed E-state index contributed by atoms with van der Waals surface area (Å²) in [5, 5.41) is 0.960. The van der Waals surface area contributed by atoms with Crippen LogP contribution in [0.15, 0.2) is 18.2 Å². The minimum Gasteiger partial charge on any atom is -0.341 e. The molecule has 0 bridgehead atoms. The van der Waals surface area contributed by atoms with Crippen LogP contribution in [0, 0.1) is 0 Å². The fraction of sp³-hybridized carbons (Fsp3) is 0.600. The second-order valence-corrected chi connectivity index (χ2v) is 8.26. The maximum absolute atomic E-state index is 12.9. The van der Waals surface area contributed by atoms with Gasteiger partial charge in [0, 0.05) is 32.0 Å². The predicted molar refractivity (Wildman–Crippen MR) is 105 cm³/mol. The maximum Gasteiger partial charge on any atom is 0.227 e. The second kappa shape index (κ2) is 8.73. The first-order chi connectivity index (χ1) is 12.5. The predicted octanol–water partition coefficient (Wildman–Crippen LogP) is 3.97. The Morgan fingerprint density at radius 2 is 1.92 bits per heavy atom. The molecule has 6 heteroatoms. The Morgan fingerprint density at radius 3 is 2.62 bits per heavy atom. The van der Waals surface area contributed by atoms with Crippen molar-refractivity contribution in [3.8, 4) is 0 Å². The van der Waals surface area contributed by atoms with E-state index in [1.165, 1.54) is 12.8 Å². The molecule has 0 N–H and O–H groups in total. The lowest BCUT2D eigenvalue weighted by Crippen LogP contribution is -2.52. The standard InChI is InChI=1S/C20H26Cl2N2O2/c1-23(20(26)12-14-7-8-16(21)17(22)11-14)18-6-4-5-15(25)13-19(18)24-9-2-3-10-24/h7-8,11,18-19H,2-6,9-10,12-13H2,1H3. The van der Waals surface area contributed by atoms with E-state index in [4.69, 9.17) is 23.2 Å². The summed E-state index contributed by atoms with van der Waals surface area (Å²) in [5.41, 5.74) is 0.860. The zero-order valence-corrected chi connectivity index (χ0v) is 16.7. The van der Waals surface area contributed by atoms with Gasteiger partial charge in [0.25, 0.3) is 0 Å². The molecule has 1 aliphatic heterocycles. The third-order valence-corrected chi connectivity index (χ3v) is 6.42. The molecule has 0 spiro atoms. The van der Waals surface area contributed by atoms with E-state index in [0.717, 1.165) is 31.5 Å². The molecule has 1 saturated carbocycles. The van der Waals surface area contributed by atoms with Gasteiger partial charge >= 0.3 is 0 Å². The number of Topliss-reactive ketones (excluding diaryl/α,β-unsaturated/α-hetero) is 1. The van der Waals surface area contributed by atoms with E-state index in [1.807, 2.05) is 18.0 Å². The summed E-state index contributed by atoms with van der Waals surface area (Å²) in [6.07, 6.45) is 5.60. The minimum absolute atomic E-state index is 0.0620. The van der Waals surface area contributed by atoms with Gasteiger partial charge in [-0.1, -0.05) is 29.3 Å². The molecule has 1 aliphatic carbocycles. The van der Waals surface area contributed by atoms with Crippen molar-refractivity contribution in [1.82, 2.24) is 9.80 Å². The van der Waals surface area contributed by atoms with E-state index in [9.17, 15) is 9.59 Å². The Kier molecular flexibility index (Phi) is 6.60. The number of hydrogen-bond acceptors (Lipinski definition) is 3. The zero-order chi connectivity index (χ0) is 18.7. The van der Waals surface area contributed by atoms with Gasteiger partial charge in [0.15, 0.2) is 0 Å². The summed E-state index contributed by atoms with van der Waals surface area (Å²) in [5.74, 6) is 0.390. The number of ketones is 1. The number of likely N-dealkylation sites (tertiary alicyclic amines) is 1. The van der Waals surface area contributed by atoms with Crippen LogP contribution in [0.1, 0.15) is 44.1 Å². The second-order valence-electron chi connectivity index (χ2n) is 7.44. The highest BCUT2D eigenvalue weighted by Gasteiger charge is 2.36. The molecule has 1 amide bonds. The molecule has 2 aliphatic rings. The number of hydrogen-bond donors (Lipinski definition) is 0. The largest absolute Gasteiger partial charge is 0.341 e. The van der Waals surface area contributed by atoms with Gasteiger partial charge in [-0.15, -0.1) is 0 Å². The van der Waals surface area contributed by atoms with Crippen LogP contribution in [0.25, 0.3) is 0 Å². The van der Waals surface area contributed by atoms with Gasteiger partial charge in [0.1, 0.15) is 5.78 Å². The van der Waals surface area contributed by atoms with Gasteiger partial charge < -0.3 is 4.90 Å². The number of likely N-dealkylation sites (N-methyl/N-ethyl adjacent to an activating group) is 1. The van der Waals surface area contributed by atoms with Crippen molar-refractivity contribution in [1.29, 1.82) is 0 Å². The molecule has 4 nitrogen and oxygen atoms in total. The van der Waals surface area contributed by atoms with Crippen LogP contribution in [-0.4, -0.2) is 53.7 Å². The van der Waals surface area contributed by atoms with Crippen molar-refractivity contribution in [3.63, 3.8) is 0 Å². The van der Waals surface area contributed by atoms with Crippen molar-refractivity contribution in [2.75, 3.05) is 20.1 Å². The fourth-order valence-corrected chi connectivity index (χ4v) is 4.52. The van der Waals surface area contributed by atoms with Crippen molar-refractivity contribution in [3.05, 3.63) is 33.8 Å². The van der Waals surface area contributed by atoms with Gasteiger partial charge in [-0.2, -0.15) is 0 Å². The first-order valence-corrected chi connectivity index (χ1v) is 10.2. The summed E-state index contributed by atoms with van der Waals surface area (Å²) < 4.78 is 0. The monoisotopic (exact) mass is 396 g/mol. The zero-order valence-electron chi connectivity index (χ0n) is 15.2. The number of amides is 1. The molecule has 2 fully saturated rings. The third-order valence-electron chi connectivity index (χ3n) is 5.68. The average Bonchev–Trinajstić information content (AvgIpc) is 3.07. The third kappa shape index (κ3) is 4.59. The summed E-state index contributed by atoms with van der Waals surface area (Å²) in [7, 11) is 1.88. The van der Waals surface area contributed by atoms with Crippen LogP contribution in [0.2, 0.25) is 10.0 Å². The van der Waals surface area contributed by atoms with E-state index in [0.29, 0.717) is 35.1 Å². The quantitative estimate of drug-likeness (QED) is 0.722. The van der Waals surface area contributed by atoms with Crippen molar-refractivity contribution in [2.45, 2.75) is 57.0 Å². The normalized spacial score (nSPS) is 24.5. The number of carbonyl (C=O) groups is 2. The molecule has 3 rings (SSSR count). The van der Waals surface area contributed by atoms with Gasteiger partial charge in [-0.05, 0) is 56.5 Å². The molecular weight excluding hydrogens is 371 g/mol. The minimum atomic E-state index is 0.0620. The molecule has 1 aromatic carbocycles. The lowest BCUT2D eigenvalue weighted by atomic mass is 9.99. The maximum atomic E-state index is 12.9. The fourth-order valence-electron chi connectivity index (χ4n) is 4.20. The van der Waals surface area contributed by atoms with Gasteiger partial charge in [-0.3, -0.25) is 14.5 Å². The molecule has 2 atom stereocenters. The van der Waals surface area contributed by atoms with Crippen molar-refractivity contribution in [2.24, 2.45) is 0 Å². The topological polar surface area (TPSA) is 40.6 Å². The van der Waals surface area contributed by atoms with Crippen molar-refractivity contribution < 1.29 is 9.59 Å². The van der Waals surface area contributed by atoms with Gasteiger partial charge in [0.2, 0.25) is 5.91 Å². The Labute approximate surface area is 165 Å². The summed E-state index contributed by atoms with van der Waals surface area (Å²) in [4.78, 5) is 29.4. The molecule has 1 heterocycles. The van der Waals surface area contributed by atoms with Crippen LogP contribution in [0.3, 0.4) is 0 Å². The molecule has 1 saturated heterocycles. The van der Waals surface area contributed by atoms with Crippen LogP contribution < -0.4 is 0 Å². The smallest absolute Gasteiger partial charge is 0.227 e. The first-order valence-electron chi connectivity index (χ1n) is 9.41. The number of halogens is 2. The molecule has 2 unspecified atom stereocenters. The van der Waals surface area contributed by atoms with E-state index in [-0.39, 0.29) is 18.0 Å². The Bertz CT molecular complexity index is 674. The van der Waals surface area contributed by atoms with E-state index >= 15 is 0 Å². The van der Waals surface area contributed by atoms with Crippen molar-refractivity contribution >= 4 is 34.9 Å². The molecule has 0 aromatic heterocycles. The summed E-state index contributed by atoms with van der Waals surface area (Å²) in [6, 6.07) is 5.56. The Morgan fingerprint density at radius 1 is 1.19 bits per heavy atom. The molecular formula is C20H26Cl2N2O2. The summed E-state index contributed by atoms with van der Waals surface area (Å²) >= 11 is 12.0. The van der Waals surface area contributed by atoms with E-state index in [1.54, 1.807) is 12.1 Å². The Balaban J connectivity index is 1.73. The van der Waals surface area contributed by atoms with Crippen LogP contribution >= 0.6 is 23.2 Å². The van der Waals surface area contributed by atoms with Crippen LogP contribution in [-0.2, 0) is 16.0 Å². The highest BCUT2D eigenvalue weighted by atomic mass is 35.5. The molecule has 0 radical (unpaired) electrons. The van der Waals surface area contributed by atoms with Gasteiger partial charge in [0.05, 0.1) is 16.5 Å². The lowest BCUT2D eigenvalue weighted by molar-refractivity contribution is -0.133. The molecule has 142 valence electrons. The highest BCUT2D eigenvalue weighted by molar-refractivity contribution is 6.42. The van der Waals surface area contributed by atoms with Crippen LogP contribution in [0.4, 0.5) is 0 Å². The number of carbonyl (C=O) groups excluding carboxylic acids is 2. The van der Waals surface area contributed by atoms with E-state index < -0.39 is 0 Å². The lowest BCUT2D eigenvalue weighted by Gasteiger charge is -2.38.